The van der Waals surface area contributed by atoms with Crippen molar-refractivity contribution in [2.45, 2.75) is 25.4 Å². The fourth-order valence-corrected chi connectivity index (χ4v) is 2.84. The van der Waals surface area contributed by atoms with E-state index in [4.69, 9.17) is 11.0 Å². The summed E-state index contributed by atoms with van der Waals surface area (Å²) in [5.41, 5.74) is 4.59. The first-order valence-corrected chi connectivity index (χ1v) is 6.96. The number of anilines is 1. The van der Waals surface area contributed by atoms with E-state index in [1.807, 2.05) is 6.07 Å². The minimum Gasteiger partial charge on any atom is -0.371 e. The van der Waals surface area contributed by atoms with Crippen LogP contribution in [0.1, 0.15) is 30.4 Å². The highest BCUT2D eigenvalue weighted by Gasteiger charge is 2.36. The van der Waals surface area contributed by atoms with Gasteiger partial charge in [0.1, 0.15) is 0 Å². The van der Waals surface area contributed by atoms with Crippen LogP contribution in [-0.2, 0) is 11.0 Å². The lowest BCUT2D eigenvalue weighted by molar-refractivity contribution is -0.137. The number of primary amides is 1. The summed E-state index contributed by atoms with van der Waals surface area (Å²) in [7, 11) is 0. The number of nitriles is 1. The minimum absolute atomic E-state index is 0.000667. The van der Waals surface area contributed by atoms with E-state index in [9.17, 15) is 18.0 Å². The Morgan fingerprint density at radius 2 is 2.18 bits per heavy atom. The minimum atomic E-state index is -4.49. The first-order valence-electron chi connectivity index (χ1n) is 6.96. The number of benzene rings is 1. The van der Waals surface area contributed by atoms with Gasteiger partial charge in [0.05, 0.1) is 22.9 Å². The molecule has 0 spiro atoms. The molecule has 2 N–H and O–H groups in total. The lowest BCUT2D eigenvalue weighted by atomic mass is 9.93. The third-order valence-corrected chi connectivity index (χ3v) is 3.78. The molecule has 7 heteroatoms. The van der Waals surface area contributed by atoms with Gasteiger partial charge in [-0.25, -0.2) is 0 Å². The number of amides is 1. The topological polar surface area (TPSA) is 70.1 Å². The number of hydrogen-bond donors (Lipinski definition) is 1. The van der Waals surface area contributed by atoms with Crippen molar-refractivity contribution in [3.8, 4) is 6.07 Å². The molecule has 4 nitrogen and oxygen atoms in total. The third kappa shape index (κ3) is 3.70. The van der Waals surface area contributed by atoms with Crippen molar-refractivity contribution in [2.24, 2.45) is 11.7 Å². The molecule has 0 radical (unpaired) electrons. The van der Waals surface area contributed by atoms with Crippen LogP contribution < -0.4 is 10.6 Å². The summed E-state index contributed by atoms with van der Waals surface area (Å²) < 4.78 is 39.5. The summed E-state index contributed by atoms with van der Waals surface area (Å²) in [5, 5.41) is 8.91. The Balaban J connectivity index is 2.33. The molecule has 1 atom stereocenters. The molecule has 0 aromatic heterocycles. The van der Waals surface area contributed by atoms with Crippen molar-refractivity contribution in [3.63, 3.8) is 0 Å². The second kappa shape index (κ2) is 6.26. The van der Waals surface area contributed by atoms with Crippen LogP contribution in [0.15, 0.2) is 18.2 Å². The summed E-state index contributed by atoms with van der Waals surface area (Å²) in [5.74, 6) is -0.508. The summed E-state index contributed by atoms with van der Waals surface area (Å²) >= 11 is 0. The zero-order valence-corrected chi connectivity index (χ0v) is 11.9. The lowest BCUT2D eigenvalue weighted by Gasteiger charge is -2.35. The highest BCUT2D eigenvalue weighted by molar-refractivity contribution is 5.74. The van der Waals surface area contributed by atoms with Gasteiger partial charge >= 0.3 is 6.18 Å². The Hall–Kier alpha value is -2.23. The number of hydrogen-bond acceptors (Lipinski definition) is 3. The number of carbonyl (C=O) groups excluding carboxylic acids is 1. The number of nitrogens with two attached hydrogens (primary N) is 1. The van der Waals surface area contributed by atoms with Crippen LogP contribution in [0.3, 0.4) is 0 Å². The fourth-order valence-electron chi connectivity index (χ4n) is 2.84. The Bertz CT molecular complexity index is 607. The van der Waals surface area contributed by atoms with Gasteiger partial charge in [-0.2, -0.15) is 18.4 Å². The number of carbonyl (C=O) groups is 1. The van der Waals surface area contributed by atoms with E-state index < -0.39 is 17.6 Å². The highest BCUT2D eigenvalue weighted by atomic mass is 19.4. The van der Waals surface area contributed by atoms with Gasteiger partial charge in [0.25, 0.3) is 0 Å². The molecule has 0 bridgehead atoms. The maximum absolute atomic E-state index is 13.2. The molecule has 1 aromatic rings. The van der Waals surface area contributed by atoms with E-state index in [1.54, 1.807) is 4.90 Å². The van der Waals surface area contributed by atoms with Crippen molar-refractivity contribution in [1.29, 1.82) is 5.26 Å². The van der Waals surface area contributed by atoms with E-state index in [1.165, 1.54) is 6.07 Å². The van der Waals surface area contributed by atoms with Gasteiger partial charge in [0.15, 0.2) is 0 Å². The summed E-state index contributed by atoms with van der Waals surface area (Å²) in [4.78, 5) is 12.6. The number of nitrogens with zero attached hydrogens (tertiary/aromatic N) is 2. The van der Waals surface area contributed by atoms with Crippen LogP contribution in [0.25, 0.3) is 0 Å². The van der Waals surface area contributed by atoms with Crippen molar-refractivity contribution < 1.29 is 18.0 Å². The Morgan fingerprint density at radius 3 is 2.77 bits per heavy atom. The molecular formula is C15H16F3N3O. The zero-order valence-electron chi connectivity index (χ0n) is 11.9. The van der Waals surface area contributed by atoms with Gasteiger partial charge in [-0.1, -0.05) is 0 Å². The molecular weight excluding hydrogens is 295 g/mol. The molecule has 2 rings (SSSR count). The van der Waals surface area contributed by atoms with Crippen LogP contribution >= 0.6 is 0 Å². The number of halogens is 3. The van der Waals surface area contributed by atoms with E-state index in [2.05, 4.69) is 0 Å². The fraction of sp³-hybridized carbons (Fsp3) is 0.467. The van der Waals surface area contributed by atoms with Crippen LogP contribution in [-0.4, -0.2) is 19.0 Å². The van der Waals surface area contributed by atoms with E-state index in [-0.39, 0.29) is 23.6 Å². The molecule has 1 aliphatic heterocycles. The van der Waals surface area contributed by atoms with Crippen molar-refractivity contribution in [3.05, 3.63) is 29.3 Å². The first kappa shape index (κ1) is 16.1. The predicted octanol–water partition coefficient (Wildman–Crippen LogP) is 2.67. The number of alkyl halides is 3. The Morgan fingerprint density at radius 1 is 1.45 bits per heavy atom. The lowest BCUT2D eigenvalue weighted by Crippen LogP contribution is -2.38. The molecule has 0 saturated carbocycles. The second-order valence-electron chi connectivity index (χ2n) is 5.47. The predicted molar refractivity (Wildman–Crippen MR) is 74.9 cm³/mol. The summed E-state index contributed by atoms with van der Waals surface area (Å²) in [6, 6.07) is 5.22. The quantitative estimate of drug-likeness (QED) is 0.933. The smallest absolute Gasteiger partial charge is 0.371 e. The summed E-state index contributed by atoms with van der Waals surface area (Å²) in [6.45, 7) is 0.800. The molecule has 1 saturated heterocycles. The van der Waals surface area contributed by atoms with Crippen molar-refractivity contribution >= 4 is 11.6 Å². The van der Waals surface area contributed by atoms with Crippen LogP contribution in [0, 0.1) is 17.2 Å². The largest absolute Gasteiger partial charge is 0.418 e. The van der Waals surface area contributed by atoms with Crippen LogP contribution in [0.2, 0.25) is 0 Å². The van der Waals surface area contributed by atoms with Gasteiger partial charge in [-0.15, -0.1) is 0 Å². The molecule has 1 heterocycles. The zero-order chi connectivity index (χ0) is 16.3. The molecule has 1 amide bonds. The average molecular weight is 311 g/mol. The molecule has 22 heavy (non-hydrogen) atoms. The van der Waals surface area contributed by atoms with Gasteiger partial charge in [0, 0.05) is 19.5 Å². The third-order valence-electron chi connectivity index (χ3n) is 3.78. The monoisotopic (exact) mass is 311 g/mol. The van der Waals surface area contributed by atoms with E-state index >= 15 is 0 Å². The summed E-state index contributed by atoms with van der Waals surface area (Å²) in [6.07, 6.45) is -2.87. The average Bonchev–Trinajstić information content (AvgIpc) is 2.45. The van der Waals surface area contributed by atoms with Crippen LogP contribution in [0.5, 0.6) is 0 Å². The molecule has 0 aliphatic carbocycles. The number of rotatable bonds is 3. The SMILES string of the molecule is N#Cc1ccc(C(F)(F)F)c(N2CCCC(CC(N)=O)C2)c1. The second-order valence-corrected chi connectivity index (χ2v) is 5.47. The molecule has 1 unspecified atom stereocenters. The maximum atomic E-state index is 13.2. The van der Waals surface area contributed by atoms with Gasteiger partial charge in [0.2, 0.25) is 5.91 Å². The molecule has 1 fully saturated rings. The Labute approximate surface area is 126 Å². The van der Waals surface area contributed by atoms with E-state index in [0.717, 1.165) is 18.6 Å². The van der Waals surface area contributed by atoms with Crippen molar-refractivity contribution in [1.82, 2.24) is 0 Å². The standard InChI is InChI=1S/C15H16F3N3O/c16-15(17,18)12-4-3-10(8-19)6-13(12)21-5-1-2-11(9-21)7-14(20)22/h3-4,6,11H,1-2,5,7,9H2,(H2,20,22). The molecule has 1 aromatic carbocycles. The molecule has 118 valence electrons. The van der Waals surface area contributed by atoms with E-state index in [0.29, 0.717) is 19.5 Å². The molecule has 1 aliphatic rings. The van der Waals surface area contributed by atoms with Crippen LogP contribution in [0.4, 0.5) is 18.9 Å². The van der Waals surface area contributed by atoms with Gasteiger partial charge in [-0.3, -0.25) is 4.79 Å². The van der Waals surface area contributed by atoms with Crippen molar-refractivity contribution in [2.75, 3.05) is 18.0 Å². The first-order chi connectivity index (χ1) is 10.3. The van der Waals surface area contributed by atoms with Gasteiger partial charge < -0.3 is 10.6 Å². The Kier molecular flexibility index (Phi) is 4.59. The maximum Gasteiger partial charge on any atom is 0.418 e. The van der Waals surface area contributed by atoms with Gasteiger partial charge in [-0.05, 0) is 37.0 Å². The number of piperidine rings is 1. The normalized spacial score (nSPS) is 18.8. The highest BCUT2D eigenvalue weighted by Crippen LogP contribution is 2.38.